The van der Waals surface area contributed by atoms with Crippen LogP contribution in [0.15, 0.2) is 24.3 Å². The fourth-order valence-corrected chi connectivity index (χ4v) is 0.939. The summed E-state index contributed by atoms with van der Waals surface area (Å²) in [7, 11) is 0. The van der Waals surface area contributed by atoms with E-state index in [1.54, 1.807) is 31.2 Å². The third kappa shape index (κ3) is 2.79. The quantitative estimate of drug-likeness (QED) is 0.725. The second-order valence-electron chi connectivity index (χ2n) is 2.85. The summed E-state index contributed by atoms with van der Waals surface area (Å²) in [4.78, 5) is 11.2. The molecule has 0 bridgehead atoms. The molecule has 1 N–H and O–H groups in total. The smallest absolute Gasteiger partial charge is 0.236 e. The van der Waals surface area contributed by atoms with Crippen molar-refractivity contribution in [2.45, 2.75) is 12.2 Å². The number of thiol groups is 1. The van der Waals surface area contributed by atoms with Crippen molar-refractivity contribution in [1.82, 2.24) is 0 Å². The lowest BCUT2D eigenvalue weighted by molar-refractivity contribution is -0.115. The molecule has 1 atom stereocenters. The molecule has 1 aromatic rings. The van der Waals surface area contributed by atoms with E-state index in [0.29, 0.717) is 11.3 Å². The molecule has 0 radical (unpaired) electrons. The van der Waals surface area contributed by atoms with Crippen molar-refractivity contribution in [3.8, 4) is 6.07 Å². The van der Waals surface area contributed by atoms with Gasteiger partial charge in [-0.1, -0.05) is 0 Å². The van der Waals surface area contributed by atoms with Gasteiger partial charge in [-0.25, -0.2) is 0 Å². The van der Waals surface area contributed by atoms with Crippen molar-refractivity contribution in [3.63, 3.8) is 0 Å². The van der Waals surface area contributed by atoms with Gasteiger partial charge in [0.05, 0.1) is 16.9 Å². The lowest BCUT2D eigenvalue weighted by atomic mass is 10.2. The zero-order valence-electron chi connectivity index (χ0n) is 7.69. The number of nitrogens with zero attached hydrogens (tertiary/aromatic N) is 1. The van der Waals surface area contributed by atoms with Crippen molar-refractivity contribution in [2.75, 3.05) is 5.32 Å². The van der Waals surface area contributed by atoms with Gasteiger partial charge in [-0.2, -0.15) is 17.9 Å². The van der Waals surface area contributed by atoms with Crippen LogP contribution >= 0.6 is 12.6 Å². The first kappa shape index (κ1) is 10.6. The molecule has 0 aliphatic carbocycles. The van der Waals surface area contributed by atoms with Gasteiger partial charge in [0.15, 0.2) is 0 Å². The molecule has 4 heteroatoms. The predicted molar refractivity (Wildman–Crippen MR) is 58.2 cm³/mol. The first-order chi connectivity index (χ1) is 6.63. The van der Waals surface area contributed by atoms with Crippen LogP contribution in [0.5, 0.6) is 0 Å². The highest BCUT2D eigenvalue weighted by molar-refractivity contribution is 7.81. The van der Waals surface area contributed by atoms with E-state index < -0.39 is 0 Å². The van der Waals surface area contributed by atoms with Crippen molar-refractivity contribution in [1.29, 1.82) is 5.26 Å². The Morgan fingerprint density at radius 3 is 2.50 bits per heavy atom. The monoisotopic (exact) mass is 206 g/mol. The number of carbonyl (C=O) groups excluding carboxylic acids is 1. The van der Waals surface area contributed by atoms with Crippen LogP contribution in [-0.2, 0) is 4.79 Å². The third-order valence-electron chi connectivity index (χ3n) is 1.66. The van der Waals surface area contributed by atoms with Gasteiger partial charge in [-0.3, -0.25) is 4.79 Å². The van der Waals surface area contributed by atoms with E-state index in [1.807, 2.05) is 6.07 Å². The number of nitriles is 1. The van der Waals surface area contributed by atoms with Crippen molar-refractivity contribution in [3.05, 3.63) is 29.8 Å². The number of rotatable bonds is 2. The molecule has 72 valence electrons. The van der Waals surface area contributed by atoms with Crippen LogP contribution < -0.4 is 5.32 Å². The number of carbonyl (C=O) groups is 1. The van der Waals surface area contributed by atoms with Crippen molar-refractivity contribution < 1.29 is 4.79 Å². The predicted octanol–water partition coefficient (Wildman–Crippen LogP) is 1.82. The molecule has 14 heavy (non-hydrogen) atoms. The van der Waals surface area contributed by atoms with Gasteiger partial charge < -0.3 is 5.32 Å². The maximum atomic E-state index is 11.2. The van der Waals surface area contributed by atoms with Gasteiger partial charge in [0.1, 0.15) is 0 Å². The van der Waals surface area contributed by atoms with E-state index in [4.69, 9.17) is 5.26 Å². The molecule has 0 saturated heterocycles. The van der Waals surface area contributed by atoms with Crippen LogP contribution in [0.25, 0.3) is 0 Å². The second-order valence-corrected chi connectivity index (χ2v) is 3.63. The summed E-state index contributed by atoms with van der Waals surface area (Å²) in [5, 5.41) is 10.9. The summed E-state index contributed by atoms with van der Waals surface area (Å²) in [5.74, 6) is -0.155. The fourth-order valence-electron chi connectivity index (χ4n) is 0.875. The topological polar surface area (TPSA) is 52.9 Å². The highest BCUT2D eigenvalue weighted by Gasteiger charge is 2.07. The summed E-state index contributed by atoms with van der Waals surface area (Å²) in [6, 6.07) is 8.68. The molecule has 3 nitrogen and oxygen atoms in total. The molecule has 0 saturated carbocycles. The van der Waals surface area contributed by atoms with E-state index in [-0.39, 0.29) is 11.2 Å². The SMILES string of the molecule is CC(S)C(=O)Nc1ccc(C#N)cc1. The molecule has 0 fully saturated rings. The minimum atomic E-state index is -0.342. The van der Waals surface area contributed by atoms with Crippen LogP contribution in [0.2, 0.25) is 0 Å². The first-order valence-electron chi connectivity index (χ1n) is 4.12. The molecule has 1 rings (SSSR count). The molecule has 1 aromatic carbocycles. The van der Waals surface area contributed by atoms with Gasteiger partial charge in [0.2, 0.25) is 5.91 Å². The van der Waals surface area contributed by atoms with Gasteiger partial charge in [-0.05, 0) is 31.2 Å². The normalized spacial score (nSPS) is 11.5. The van der Waals surface area contributed by atoms with Crippen LogP contribution in [-0.4, -0.2) is 11.2 Å². The number of anilines is 1. The summed E-state index contributed by atoms with van der Waals surface area (Å²) >= 11 is 4.00. The molecule has 1 amide bonds. The van der Waals surface area contributed by atoms with Gasteiger partial charge in [-0.15, -0.1) is 0 Å². The van der Waals surface area contributed by atoms with Crippen molar-refractivity contribution >= 4 is 24.2 Å². The Balaban J connectivity index is 2.70. The Kier molecular flexibility index (Phi) is 3.55. The van der Waals surface area contributed by atoms with Crippen LogP contribution in [0, 0.1) is 11.3 Å². The highest BCUT2D eigenvalue weighted by atomic mass is 32.1. The largest absolute Gasteiger partial charge is 0.325 e. The number of hydrogen-bond donors (Lipinski definition) is 2. The Bertz CT molecular complexity index is 365. The summed E-state index contributed by atoms with van der Waals surface area (Å²) < 4.78 is 0. The zero-order valence-corrected chi connectivity index (χ0v) is 8.58. The standard InChI is InChI=1S/C10H10N2OS/c1-7(14)10(13)12-9-4-2-8(6-11)3-5-9/h2-5,7,14H,1H3,(H,12,13). The minimum absolute atomic E-state index is 0.155. The number of hydrogen-bond acceptors (Lipinski definition) is 3. The molecule has 0 spiro atoms. The molecule has 1 unspecified atom stereocenters. The Labute approximate surface area is 88.2 Å². The van der Waals surface area contributed by atoms with E-state index in [0.717, 1.165) is 0 Å². The Morgan fingerprint density at radius 1 is 1.50 bits per heavy atom. The highest BCUT2D eigenvalue weighted by Crippen LogP contribution is 2.09. The fraction of sp³-hybridized carbons (Fsp3) is 0.200. The van der Waals surface area contributed by atoms with Gasteiger partial charge in [0.25, 0.3) is 0 Å². The average Bonchev–Trinajstić information content (AvgIpc) is 2.19. The second kappa shape index (κ2) is 4.68. The molecular formula is C10H10N2OS. The molecule has 0 heterocycles. The number of amides is 1. The molecular weight excluding hydrogens is 196 g/mol. The molecule has 0 aromatic heterocycles. The summed E-state index contributed by atoms with van der Waals surface area (Å²) in [5.41, 5.74) is 1.25. The maximum Gasteiger partial charge on any atom is 0.236 e. The third-order valence-corrected chi connectivity index (χ3v) is 1.90. The van der Waals surface area contributed by atoms with Crippen LogP contribution in [0.3, 0.4) is 0 Å². The van der Waals surface area contributed by atoms with E-state index in [2.05, 4.69) is 17.9 Å². The van der Waals surface area contributed by atoms with E-state index >= 15 is 0 Å². The van der Waals surface area contributed by atoms with E-state index in [1.165, 1.54) is 0 Å². The lowest BCUT2D eigenvalue weighted by Gasteiger charge is -2.06. The summed E-state index contributed by atoms with van der Waals surface area (Å²) in [6.07, 6.45) is 0. The van der Waals surface area contributed by atoms with Gasteiger partial charge in [0, 0.05) is 5.69 Å². The Hall–Kier alpha value is -1.47. The zero-order chi connectivity index (χ0) is 10.6. The van der Waals surface area contributed by atoms with Crippen LogP contribution in [0.1, 0.15) is 12.5 Å². The van der Waals surface area contributed by atoms with Crippen LogP contribution in [0.4, 0.5) is 5.69 Å². The summed E-state index contributed by atoms with van der Waals surface area (Å²) in [6.45, 7) is 1.70. The molecule has 0 aliphatic rings. The minimum Gasteiger partial charge on any atom is -0.325 e. The van der Waals surface area contributed by atoms with E-state index in [9.17, 15) is 4.79 Å². The molecule has 0 aliphatic heterocycles. The van der Waals surface area contributed by atoms with Crippen molar-refractivity contribution in [2.24, 2.45) is 0 Å². The maximum absolute atomic E-state index is 11.2. The Morgan fingerprint density at radius 2 is 2.07 bits per heavy atom. The average molecular weight is 206 g/mol. The lowest BCUT2D eigenvalue weighted by Crippen LogP contribution is -2.20. The number of nitrogens with one attached hydrogen (secondary N) is 1. The first-order valence-corrected chi connectivity index (χ1v) is 4.64. The van der Waals surface area contributed by atoms with Gasteiger partial charge >= 0.3 is 0 Å². The number of benzene rings is 1.